The molecule has 0 atom stereocenters. The first-order chi connectivity index (χ1) is 10.3. The van der Waals surface area contributed by atoms with Crippen molar-refractivity contribution in [2.75, 3.05) is 0 Å². The zero-order chi connectivity index (χ0) is 14.5. The SMILES string of the molecule is O=C(c1ccoc1)N(Cc1ccccn1)C1CCCCC1. The summed E-state index contributed by atoms with van der Waals surface area (Å²) in [5.74, 6) is 0.0429. The minimum absolute atomic E-state index is 0.0429. The van der Waals surface area contributed by atoms with Gasteiger partial charge >= 0.3 is 0 Å². The summed E-state index contributed by atoms with van der Waals surface area (Å²) in [6, 6.07) is 7.87. The zero-order valence-electron chi connectivity index (χ0n) is 12.1. The highest BCUT2D eigenvalue weighted by Gasteiger charge is 2.27. The van der Waals surface area contributed by atoms with E-state index in [0.29, 0.717) is 18.2 Å². The van der Waals surface area contributed by atoms with Crippen molar-refractivity contribution in [2.24, 2.45) is 0 Å². The molecule has 0 aromatic carbocycles. The molecule has 0 bridgehead atoms. The minimum atomic E-state index is 0.0429. The van der Waals surface area contributed by atoms with Gasteiger partial charge in [-0.2, -0.15) is 0 Å². The molecule has 4 heteroatoms. The summed E-state index contributed by atoms with van der Waals surface area (Å²) in [7, 11) is 0. The van der Waals surface area contributed by atoms with Crippen LogP contribution < -0.4 is 0 Å². The van der Waals surface area contributed by atoms with Crippen molar-refractivity contribution >= 4 is 5.91 Å². The molecule has 0 unspecified atom stereocenters. The molecule has 0 saturated heterocycles. The molecule has 110 valence electrons. The van der Waals surface area contributed by atoms with E-state index >= 15 is 0 Å². The van der Waals surface area contributed by atoms with E-state index < -0.39 is 0 Å². The molecule has 4 nitrogen and oxygen atoms in total. The third kappa shape index (κ3) is 3.32. The Hall–Kier alpha value is -2.10. The molecule has 21 heavy (non-hydrogen) atoms. The van der Waals surface area contributed by atoms with Gasteiger partial charge in [0.15, 0.2) is 0 Å². The van der Waals surface area contributed by atoms with Gasteiger partial charge in [0.2, 0.25) is 0 Å². The average molecular weight is 284 g/mol. The van der Waals surface area contributed by atoms with E-state index in [9.17, 15) is 4.79 Å². The van der Waals surface area contributed by atoms with Gasteiger partial charge in [-0.1, -0.05) is 25.3 Å². The van der Waals surface area contributed by atoms with Crippen molar-refractivity contribution in [1.82, 2.24) is 9.88 Å². The fourth-order valence-corrected chi connectivity index (χ4v) is 2.98. The Labute approximate surface area is 124 Å². The van der Waals surface area contributed by atoms with Gasteiger partial charge in [0.05, 0.1) is 24.1 Å². The lowest BCUT2D eigenvalue weighted by atomic mass is 9.93. The van der Waals surface area contributed by atoms with Gasteiger partial charge in [-0.25, -0.2) is 0 Å². The molecule has 2 aromatic rings. The van der Waals surface area contributed by atoms with Crippen LogP contribution in [0.15, 0.2) is 47.4 Å². The van der Waals surface area contributed by atoms with Crippen molar-refractivity contribution in [2.45, 2.75) is 44.7 Å². The molecule has 0 aliphatic heterocycles. The van der Waals surface area contributed by atoms with Crippen LogP contribution in [0.3, 0.4) is 0 Å². The molecular weight excluding hydrogens is 264 g/mol. The predicted octanol–water partition coefficient (Wildman–Crippen LogP) is 3.65. The van der Waals surface area contributed by atoms with Crippen LogP contribution >= 0.6 is 0 Å². The molecule has 3 rings (SSSR count). The Kier molecular flexibility index (Phi) is 4.34. The van der Waals surface area contributed by atoms with Crippen molar-refractivity contribution < 1.29 is 9.21 Å². The first kappa shape index (κ1) is 13.9. The Morgan fingerprint density at radius 3 is 2.76 bits per heavy atom. The maximum atomic E-state index is 12.7. The summed E-state index contributed by atoms with van der Waals surface area (Å²) in [4.78, 5) is 19.1. The van der Waals surface area contributed by atoms with E-state index in [1.807, 2.05) is 23.1 Å². The van der Waals surface area contributed by atoms with E-state index in [2.05, 4.69) is 4.98 Å². The van der Waals surface area contributed by atoms with Crippen LogP contribution in [0.25, 0.3) is 0 Å². The molecule has 1 aliphatic rings. The number of furan rings is 1. The summed E-state index contributed by atoms with van der Waals surface area (Å²) in [5, 5.41) is 0. The Morgan fingerprint density at radius 1 is 1.24 bits per heavy atom. The maximum absolute atomic E-state index is 12.7. The quantitative estimate of drug-likeness (QED) is 0.861. The van der Waals surface area contributed by atoms with Crippen molar-refractivity contribution in [3.05, 3.63) is 54.2 Å². The standard InChI is InChI=1S/C17H20N2O2/c20-17(14-9-11-21-13-14)19(16-7-2-1-3-8-16)12-15-6-4-5-10-18-15/h4-6,9-11,13,16H,1-3,7-8,12H2. The monoisotopic (exact) mass is 284 g/mol. The summed E-state index contributed by atoms with van der Waals surface area (Å²) >= 11 is 0. The Bertz CT molecular complexity index is 560. The highest BCUT2D eigenvalue weighted by Crippen LogP contribution is 2.25. The molecule has 0 radical (unpaired) electrons. The number of carbonyl (C=O) groups excluding carboxylic acids is 1. The van der Waals surface area contributed by atoms with E-state index in [0.717, 1.165) is 18.5 Å². The Morgan fingerprint density at radius 2 is 2.10 bits per heavy atom. The largest absolute Gasteiger partial charge is 0.472 e. The summed E-state index contributed by atoms with van der Waals surface area (Å²) < 4.78 is 5.06. The number of rotatable bonds is 4. The molecule has 0 spiro atoms. The van der Waals surface area contributed by atoms with Crippen LogP contribution in [0.2, 0.25) is 0 Å². The maximum Gasteiger partial charge on any atom is 0.257 e. The summed E-state index contributed by atoms with van der Waals surface area (Å²) in [6.07, 6.45) is 10.7. The molecule has 1 saturated carbocycles. The normalized spacial score (nSPS) is 15.8. The fraction of sp³-hybridized carbons (Fsp3) is 0.412. The van der Waals surface area contributed by atoms with Crippen molar-refractivity contribution in [3.63, 3.8) is 0 Å². The lowest BCUT2D eigenvalue weighted by Gasteiger charge is -2.34. The van der Waals surface area contributed by atoms with E-state index in [1.54, 1.807) is 18.5 Å². The van der Waals surface area contributed by atoms with Crippen LogP contribution in [0.5, 0.6) is 0 Å². The molecule has 1 aliphatic carbocycles. The molecular formula is C17H20N2O2. The number of pyridine rings is 1. The van der Waals surface area contributed by atoms with E-state index in [1.165, 1.54) is 25.5 Å². The fourth-order valence-electron chi connectivity index (χ4n) is 2.98. The van der Waals surface area contributed by atoms with E-state index in [-0.39, 0.29) is 5.91 Å². The second kappa shape index (κ2) is 6.57. The van der Waals surface area contributed by atoms with Gasteiger partial charge in [0.1, 0.15) is 6.26 Å². The molecule has 1 fully saturated rings. The zero-order valence-corrected chi connectivity index (χ0v) is 12.1. The van der Waals surface area contributed by atoms with Crippen LogP contribution in [-0.2, 0) is 6.54 Å². The second-order valence-electron chi connectivity index (χ2n) is 5.56. The number of hydrogen-bond donors (Lipinski definition) is 0. The lowest BCUT2D eigenvalue weighted by Crippen LogP contribution is -2.41. The van der Waals surface area contributed by atoms with Crippen LogP contribution in [0.4, 0.5) is 0 Å². The van der Waals surface area contributed by atoms with Gasteiger partial charge in [0.25, 0.3) is 5.91 Å². The van der Waals surface area contributed by atoms with Gasteiger partial charge in [-0.15, -0.1) is 0 Å². The molecule has 2 heterocycles. The van der Waals surface area contributed by atoms with E-state index in [4.69, 9.17) is 4.42 Å². The predicted molar refractivity (Wildman–Crippen MR) is 79.7 cm³/mol. The molecule has 0 N–H and O–H groups in total. The number of nitrogens with zero attached hydrogens (tertiary/aromatic N) is 2. The first-order valence-electron chi connectivity index (χ1n) is 7.57. The third-order valence-corrected chi connectivity index (χ3v) is 4.10. The Balaban J connectivity index is 1.81. The average Bonchev–Trinajstić information content (AvgIpc) is 3.08. The number of hydrogen-bond acceptors (Lipinski definition) is 3. The van der Waals surface area contributed by atoms with Gasteiger partial charge < -0.3 is 9.32 Å². The van der Waals surface area contributed by atoms with Crippen LogP contribution in [0.1, 0.15) is 48.2 Å². The summed E-state index contributed by atoms with van der Waals surface area (Å²) in [6.45, 7) is 0.565. The molecule has 2 aromatic heterocycles. The number of aromatic nitrogens is 1. The highest BCUT2D eigenvalue weighted by atomic mass is 16.3. The highest BCUT2D eigenvalue weighted by molar-refractivity contribution is 5.94. The van der Waals surface area contributed by atoms with Crippen molar-refractivity contribution in [3.8, 4) is 0 Å². The topological polar surface area (TPSA) is 46.3 Å². The number of amides is 1. The second-order valence-corrected chi connectivity index (χ2v) is 5.56. The first-order valence-corrected chi connectivity index (χ1v) is 7.57. The van der Waals surface area contributed by atoms with Crippen LogP contribution in [0, 0.1) is 0 Å². The minimum Gasteiger partial charge on any atom is -0.472 e. The smallest absolute Gasteiger partial charge is 0.257 e. The van der Waals surface area contributed by atoms with Gasteiger partial charge in [-0.05, 0) is 31.0 Å². The lowest BCUT2D eigenvalue weighted by molar-refractivity contribution is 0.0610. The molecule has 1 amide bonds. The van der Waals surface area contributed by atoms with Gasteiger partial charge in [-0.3, -0.25) is 9.78 Å². The van der Waals surface area contributed by atoms with Crippen LogP contribution in [-0.4, -0.2) is 21.8 Å². The summed E-state index contributed by atoms with van der Waals surface area (Å²) in [5.41, 5.74) is 1.55. The van der Waals surface area contributed by atoms with Crippen molar-refractivity contribution in [1.29, 1.82) is 0 Å². The van der Waals surface area contributed by atoms with Gasteiger partial charge in [0, 0.05) is 12.2 Å². The third-order valence-electron chi connectivity index (χ3n) is 4.10. The number of carbonyl (C=O) groups is 1.